The largest absolute Gasteiger partial charge is 0.506 e. The standard InChI is InChI=1S/C45H60NO11P/c1-27(2)15-14-20-43(8)21-19-31-36(47)35-37(48)33-25-30-26-34-42(6,7)57-44(40(30)49,45(33,34)56-39(35)32(38(31)55-43)17-16-28(3)4)22-18-29(5)41(50)46-23-12-10-11-13-24-54-58(51,52)53-9/h15-16,18-19,21,25,30,34,47H,10-14,17,20,22-24,26H2,1-9H3,(H,46,50)(H,51,52)/b29-18-/t30-,34+,43-,44+,45-/m1/s1. The molecule has 6 aliphatic rings. The van der Waals surface area contributed by atoms with Crippen molar-refractivity contribution < 1.29 is 52.2 Å². The fraction of sp³-hybridized carbons (Fsp3) is 0.578. The van der Waals surface area contributed by atoms with E-state index in [9.17, 15) is 24.2 Å². The Bertz CT molecular complexity index is 2070. The molecule has 0 aromatic heterocycles. The second-order valence-electron chi connectivity index (χ2n) is 17.6. The van der Waals surface area contributed by atoms with Crippen molar-refractivity contribution in [3.05, 3.63) is 69.4 Å². The Hall–Kier alpha value is -3.80. The van der Waals surface area contributed by atoms with E-state index in [0.717, 1.165) is 31.9 Å². The highest BCUT2D eigenvalue weighted by Crippen LogP contribution is 2.68. The number of carbonyl (C=O) groups is 3. The lowest BCUT2D eigenvalue weighted by molar-refractivity contribution is -0.171. The van der Waals surface area contributed by atoms with E-state index in [0.29, 0.717) is 66.7 Å². The molecule has 1 amide bonds. The Labute approximate surface area is 342 Å². The van der Waals surface area contributed by atoms with Crippen LogP contribution in [-0.4, -0.2) is 70.1 Å². The predicted molar refractivity (Wildman–Crippen MR) is 221 cm³/mol. The van der Waals surface area contributed by atoms with E-state index in [1.165, 1.54) is 5.57 Å². The number of carbonyl (C=O) groups excluding carboxylic acids is 3. The second-order valence-corrected chi connectivity index (χ2v) is 19.2. The van der Waals surface area contributed by atoms with Crippen molar-refractivity contribution in [1.29, 1.82) is 0 Å². The number of phenolic OH excluding ortho intramolecular Hbond substituents is 1. The van der Waals surface area contributed by atoms with E-state index < -0.39 is 47.8 Å². The van der Waals surface area contributed by atoms with Crippen LogP contribution < -0.4 is 14.8 Å². The summed E-state index contributed by atoms with van der Waals surface area (Å²) in [5, 5.41) is 14.9. The fourth-order valence-electron chi connectivity index (χ4n) is 9.33. The summed E-state index contributed by atoms with van der Waals surface area (Å²) in [5.74, 6) is -1.43. The van der Waals surface area contributed by atoms with Crippen molar-refractivity contribution in [1.82, 2.24) is 5.32 Å². The van der Waals surface area contributed by atoms with Gasteiger partial charge in [0.05, 0.1) is 17.8 Å². The smallest absolute Gasteiger partial charge is 0.471 e. The summed E-state index contributed by atoms with van der Waals surface area (Å²) >= 11 is 0. The molecule has 2 fully saturated rings. The molecule has 7 rings (SSSR count). The van der Waals surface area contributed by atoms with Gasteiger partial charge in [0.1, 0.15) is 28.4 Å². The van der Waals surface area contributed by atoms with Gasteiger partial charge >= 0.3 is 7.82 Å². The van der Waals surface area contributed by atoms with Crippen LogP contribution in [0, 0.1) is 11.8 Å². The number of fused-ring (bicyclic) bond motifs is 2. The first-order valence-corrected chi connectivity index (χ1v) is 22.0. The predicted octanol–water partition coefficient (Wildman–Crippen LogP) is 8.59. The van der Waals surface area contributed by atoms with E-state index in [2.05, 4.69) is 29.8 Å². The maximum absolute atomic E-state index is 15.0. The summed E-state index contributed by atoms with van der Waals surface area (Å²) in [5.41, 5.74) is -0.636. The van der Waals surface area contributed by atoms with Crippen LogP contribution in [0.15, 0.2) is 52.7 Å². The lowest BCUT2D eigenvalue weighted by Crippen LogP contribution is -2.72. The van der Waals surface area contributed by atoms with Gasteiger partial charge in [-0.05, 0) is 106 Å². The van der Waals surface area contributed by atoms with Crippen LogP contribution in [0.2, 0.25) is 0 Å². The van der Waals surface area contributed by atoms with Gasteiger partial charge in [-0.25, -0.2) is 4.57 Å². The Morgan fingerprint density at radius 1 is 1.00 bits per heavy atom. The van der Waals surface area contributed by atoms with Gasteiger partial charge in [0.15, 0.2) is 22.8 Å². The molecule has 3 aliphatic carbocycles. The molecule has 1 saturated heterocycles. The van der Waals surface area contributed by atoms with Gasteiger partial charge < -0.3 is 29.5 Å². The first-order chi connectivity index (χ1) is 27.2. The molecule has 1 aromatic rings. The number of benzene rings is 1. The second kappa shape index (κ2) is 16.3. The molecule has 6 atom stereocenters. The van der Waals surface area contributed by atoms with E-state index in [1.807, 2.05) is 52.8 Å². The number of allylic oxidation sites excluding steroid dienone is 5. The number of hydrogen-bond donors (Lipinski definition) is 3. The molecule has 3 heterocycles. The van der Waals surface area contributed by atoms with E-state index >= 15 is 4.79 Å². The number of hydrogen-bond acceptors (Lipinski definition) is 10. The van der Waals surface area contributed by atoms with Gasteiger partial charge in [-0.1, -0.05) is 48.3 Å². The third kappa shape index (κ3) is 7.83. The summed E-state index contributed by atoms with van der Waals surface area (Å²) in [4.78, 5) is 52.4. The number of rotatable bonds is 17. The summed E-state index contributed by atoms with van der Waals surface area (Å²) in [6.07, 6.45) is 16.5. The van der Waals surface area contributed by atoms with Crippen molar-refractivity contribution in [2.75, 3.05) is 20.3 Å². The number of nitrogens with one attached hydrogen (secondary N) is 1. The van der Waals surface area contributed by atoms with Crippen LogP contribution >= 0.6 is 7.82 Å². The Morgan fingerprint density at radius 2 is 1.71 bits per heavy atom. The van der Waals surface area contributed by atoms with Crippen molar-refractivity contribution in [3.8, 4) is 17.2 Å². The average Bonchev–Trinajstić information content (AvgIpc) is 3.31. The van der Waals surface area contributed by atoms with Crippen LogP contribution in [0.4, 0.5) is 0 Å². The Kier molecular flexibility index (Phi) is 12.3. The number of phosphoric acid groups is 1. The molecule has 1 aromatic carbocycles. The molecule has 12 nitrogen and oxygen atoms in total. The van der Waals surface area contributed by atoms with Crippen LogP contribution in [0.5, 0.6) is 17.2 Å². The van der Waals surface area contributed by atoms with Gasteiger partial charge in [-0.15, -0.1) is 0 Å². The maximum atomic E-state index is 15.0. The molecule has 1 saturated carbocycles. The minimum Gasteiger partial charge on any atom is -0.506 e. The molecule has 1 spiro atoms. The Balaban J connectivity index is 1.32. The summed E-state index contributed by atoms with van der Waals surface area (Å²) in [7, 11) is -2.87. The van der Waals surface area contributed by atoms with E-state index in [-0.39, 0.29) is 41.8 Å². The number of ether oxygens (including phenoxy) is 3. The van der Waals surface area contributed by atoms with E-state index in [4.69, 9.17) is 18.7 Å². The summed E-state index contributed by atoms with van der Waals surface area (Å²) < 4.78 is 41.7. The van der Waals surface area contributed by atoms with E-state index in [1.54, 1.807) is 19.1 Å². The quantitative estimate of drug-likeness (QED) is 0.0596. The lowest BCUT2D eigenvalue weighted by Gasteiger charge is -2.56. The van der Waals surface area contributed by atoms with Gasteiger partial charge in [0.25, 0.3) is 0 Å². The number of phosphoric ester groups is 1. The number of ketones is 2. The molecule has 3 aliphatic heterocycles. The zero-order chi connectivity index (χ0) is 42.4. The summed E-state index contributed by atoms with van der Waals surface area (Å²) in [6, 6.07) is 0. The third-order valence-electron chi connectivity index (χ3n) is 12.3. The SMILES string of the molecule is COP(=O)(O)OCCCCCCNC(=O)/C(C)=C\C[C@@]12OC(C)(C)[C@@H]3C[C@@H](C=C4C(=O)c5c(O)c6c(c(CC=C(C)C)c5O[C@]431)O[C@](C)(CCC=C(C)C)C=C6)C2=O. The maximum Gasteiger partial charge on any atom is 0.471 e. The average molecular weight is 822 g/mol. The van der Waals surface area contributed by atoms with Crippen LogP contribution in [0.3, 0.4) is 0 Å². The van der Waals surface area contributed by atoms with Crippen LogP contribution in [-0.2, 0) is 34.4 Å². The van der Waals surface area contributed by atoms with Gasteiger partial charge in [-0.3, -0.25) is 23.4 Å². The van der Waals surface area contributed by atoms with Gasteiger partial charge in [0, 0.05) is 48.6 Å². The number of amides is 1. The van der Waals surface area contributed by atoms with Crippen molar-refractivity contribution in [2.24, 2.45) is 11.8 Å². The monoisotopic (exact) mass is 821 g/mol. The third-order valence-corrected chi connectivity index (χ3v) is 13.3. The highest BCUT2D eigenvalue weighted by molar-refractivity contribution is 7.47. The van der Waals surface area contributed by atoms with Crippen molar-refractivity contribution in [3.63, 3.8) is 0 Å². The molecular formula is C45H60NO11P. The number of phenols is 1. The zero-order valence-corrected chi connectivity index (χ0v) is 36.3. The molecule has 316 valence electrons. The zero-order valence-electron chi connectivity index (χ0n) is 35.4. The highest BCUT2D eigenvalue weighted by Gasteiger charge is 2.81. The number of aromatic hydroxyl groups is 1. The molecular weight excluding hydrogens is 761 g/mol. The van der Waals surface area contributed by atoms with Crippen molar-refractivity contribution >= 4 is 31.4 Å². The number of Topliss-reactive ketones (excluding diaryl/α,β-unsaturated/α-hetero) is 2. The molecule has 13 heteroatoms. The number of unbranched alkanes of at least 4 members (excludes halogenated alkanes) is 3. The topological polar surface area (TPSA) is 167 Å². The molecule has 1 unspecified atom stereocenters. The molecule has 4 bridgehead atoms. The first-order valence-electron chi connectivity index (χ1n) is 20.5. The van der Waals surface area contributed by atoms with Crippen LogP contribution in [0.25, 0.3) is 6.08 Å². The molecule has 58 heavy (non-hydrogen) atoms. The normalized spacial score (nSPS) is 28.3. The van der Waals surface area contributed by atoms with Gasteiger partial charge in [0.2, 0.25) is 5.91 Å². The lowest BCUT2D eigenvalue weighted by atomic mass is 9.51. The highest BCUT2D eigenvalue weighted by atomic mass is 31.2. The first kappa shape index (κ1) is 43.8. The van der Waals surface area contributed by atoms with Crippen molar-refractivity contribution in [2.45, 2.75) is 136 Å². The fourth-order valence-corrected chi connectivity index (χ4v) is 9.80. The minimum absolute atomic E-state index is 0.000440. The van der Waals surface area contributed by atoms with Crippen LogP contribution in [0.1, 0.15) is 128 Å². The summed E-state index contributed by atoms with van der Waals surface area (Å²) in [6.45, 7) is 16.2. The molecule has 3 N–H and O–H groups in total. The minimum atomic E-state index is -3.99. The van der Waals surface area contributed by atoms with Gasteiger partial charge in [-0.2, -0.15) is 0 Å². The molecule has 0 radical (unpaired) electrons. The Morgan fingerprint density at radius 3 is 2.40 bits per heavy atom.